The van der Waals surface area contributed by atoms with Gasteiger partial charge in [0.05, 0.1) is 25.9 Å². The highest BCUT2D eigenvalue weighted by Crippen LogP contribution is 2.09. The van der Waals surface area contributed by atoms with E-state index in [-0.39, 0.29) is 48.9 Å². The van der Waals surface area contributed by atoms with E-state index >= 15 is 0 Å². The van der Waals surface area contributed by atoms with Gasteiger partial charge in [0.15, 0.2) is 0 Å². The SMILES string of the molecule is CC(NC(=O)[C@H]1NCCO[C@@H]1C)C(C)N1CCOCC1.Cl.Cl. The second-order valence-corrected chi connectivity index (χ2v) is 5.69. The van der Waals surface area contributed by atoms with E-state index in [1.54, 1.807) is 0 Å². The number of morpholine rings is 2. The van der Waals surface area contributed by atoms with Crippen molar-refractivity contribution >= 4 is 30.7 Å². The Hall–Kier alpha value is -0.110. The number of nitrogens with one attached hydrogen (secondary N) is 2. The molecule has 2 heterocycles. The van der Waals surface area contributed by atoms with Crippen molar-refractivity contribution in [1.29, 1.82) is 0 Å². The molecule has 22 heavy (non-hydrogen) atoms. The van der Waals surface area contributed by atoms with E-state index in [4.69, 9.17) is 9.47 Å². The van der Waals surface area contributed by atoms with Crippen LogP contribution in [0.1, 0.15) is 20.8 Å². The first-order valence-corrected chi connectivity index (χ1v) is 7.56. The Morgan fingerprint density at radius 3 is 2.45 bits per heavy atom. The number of hydrogen-bond acceptors (Lipinski definition) is 5. The Balaban J connectivity index is 0.00000220. The Kier molecular flexibility index (Phi) is 10.6. The average molecular weight is 358 g/mol. The quantitative estimate of drug-likeness (QED) is 0.763. The number of carbonyl (C=O) groups is 1. The molecule has 6 nitrogen and oxygen atoms in total. The van der Waals surface area contributed by atoms with Gasteiger partial charge < -0.3 is 20.1 Å². The van der Waals surface area contributed by atoms with Gasteiger partial charge >= 0.3 is 0 Å². The fraction of sp³-hybridized carbons (Fsp3) is 0.929. The lowest BCUT2D eigenvalue weighted by Crippen LogP contribution is -2.59. The number of hydrogen-bond donors (Lipinski definition) is 2. The van der Waals surface area contributed by atoms with Crippen LogP contribution in [0.15, 0.2) is 0 Å². The summed E-state index contributed by atoms with van der Waals surface area (Å²) in [5.41, 5.74) is 0. The van der Waals surface area contributed by atoms with Gasteiger partial charge in [0.1, 0.15) is 6.04 Å². The third-order valence-corrected chi connectivity index (χ3v) is 4.31. The summed E-state index contributed by atoms with van der Waals surface area (Å²) in [6.45, 7) is 11.0. The molecule has 2 saturated heterocycles. The molecule has 0 spiro atoms. The van der Waals surface area contributed by atoms with Crippen LogP contribution in [0.4, 0.5) is 0 Å². The van der Waals surface area contributed by atoms with Gasteiger partial charge in [-0.25, -0.2) is 0 Å². The van der Waals surface area contributed by atoms with Gasteiger partial charge in [0, 0.05) is 31.7 Å². The van der Waals surface area contributed by atoms with Crippen LogP contribution in [0.3, 0.4) is 0 Å². The third-order valence-electron chi connectivity index (χ3n) is 4.31. The van der Waals surface area contributed by atoms with Crippen molar-refractivity contribution in [2.75, 3.05) is 39.5 Å². The number of halogens is 2. The van der Waals surface area contributed by atoms with Crippen LogP contribution in [0.2, 0.25) is 0 Å². The second kappa shape index (κ2) is 10.6. The fourth-order valence-electron chi connectivity index (χ4n) is 2.76. The van der Waals surface area contributed by atoms with Crippen LogP contribution in [0.5, 0.6) is 0 Å². The normalized spacial score (nSPS) is 28.7. The molecule has 1 amide bonds. The zero-order valence-corrected chi connectivity index (χ0v) is 15.2. The summed E-state index contributed by atoms with van der Waals surface area (Å²) in [6.07, 6.45) is -0.0744. The molecule has 2 aliphatic rings. The minimum Gasteiger partial charge on any atom is -0.379 e. The molecule has 0 bridgehead atoms. The zero-order valence-electron chi connectivity index (χ0n) is 13.5. The van der Waals surface area contributed by atoms with E-state index in [9.17, 15) is 4.79 Å². The maximum atomic E-state index is 12.3. The molecule has 2 rings (SSSR count). The summed E-state index contributed by atoms with van der Waals surface area (Å²) in [5.74, 6) is 0.0322. The predicted molar refractivity (Wildman–Crippen MR) is 91.2 cm³/mol. The molecule has 0 saturated carbocycles. The van der Waals surface area contributed by atoms with Crippen LogP contribution in [0, 0.1) is 0 Å². The summed E-state index contributed by atoms with van der Waals surface area (Å²) >= 11 is 0. The Morgan fingerprint density at radius 1 is 1.23 bits per heavy atom. The highest BCUT2D eigenvalue weighted by atomic mass is 35.5. The Labute approximate surface area is 145 Å². The van der Waals surface area contributed by atoms with Gasteiger partial charge in [0.25, 0.3) is 0 Å². The van der Waals surface area contributed by atoms with Crippen molar-refractivity contribution in [2.24, 2.45) is 0 Å². The Bertz CT molecular complexity index is 330. The molecule has 0 aliphatic carbocycles. The molecule has 8 heteroatoms. The molecule has 0 aromatic heterocycles. The monoisotopic (exact) mass is 357 g/mol. The fourth-order valence-corrected chi connectivity index (χ4v) is 2.76. The van der Waals surface area contributed by atoms with Crippen LogP contribution < -0.4 is 10.6 Å². The summed E-state index contributed by atoms with van der Waals surface area (Å²) in [7, 11) is 0. The van der Waals surface area contributed by atoms with Gasteiger partial charge in [-0.3, -0.25) is 9.69 Å². The average Bonchev–Trinajstić information content (AvgIpc) is 2.47. The zero-order chi connectivity index (χ0) is 14.5. The lowest BCUT2D eigenvalue weighted by Gasteiger charge is -2.37. The van der Waals surface area contributed by atoms with E-state index in [0.717, 1.165) is 32.8 Å². The standard InChI is InChI=1S/C14H27N3O3.2ClH/c1-10(11(2)17-5-8-19-9-6-17)16-14(18)13-12(3)20-7-4-15-13;;/h10-13,15H,4-9H2,1-3H3,(H,16,18);2*1H/t10?,11?,12-,13+;;/m1../s1. The largest absolute Gasteiger partial charge is 0.379 e. The number of amides is 1. The van der Waals surface area contributed by atoms with E-state index in [1.807, 2.05) is 6.92 Å². The van der Waals surface area contributed by atoms with Crippen LogP contribution >= 0.6 is 24.8 Å². The summed E-state index contributed by atoms with van der Waals surface area (Å²) in [5, 5.41) is 6.33. The molecule has 132 valence electrons. The molecule has 2 N–H and O–H groups in total. The highest BCUT2D eigenvalue weighted by Gasteiger charge is 2.31. The van der Waals surface area contributed by atoms with E-state index < -0.39 is 0 Å². The highest BCUT2D eigenvalue weighted by molar-refractivity contribution is 5.85. The number of ether oxygens (including phenoxy) is 2. The van der Waals surface area contributed by atoms with Gasteiger partial charge in [-0.05, 0) is 20.8 Å². The van der Waals surface area contributed by atoms with Crippen molar-refractivity contribution in [3.8, 4) is 0 Å². The lowest BCUT2D eigenvalue weighted by molar-refractivity contribution is -0.130. The second-order valence-electron chi connectivity index (χ2n) is 5.69. The Morgan fingerprint density at radius 2 is 1.86 bits per heavy atom. The molecule has 2 unspecified atom stereocenters. The summed E-state index contributed by atoms with van der Waals surface area (Å²) < 4.78 is 10.9. The first kappa shape index (κ1) is 21.9. The molecular formula is C14H29Cl2N3O3. The molecule has 0 aromatic rings. The molecule has 4 atom stereocenters. The molecule has 2 fully saturated rings. The number of nitrogens with zero attached hydrogens (tertiary/aromatic N) is 1. The maximum absolute atomic E-state index is 12.3. The van der Waals surface area contributed by atoms with Gasteiger partial charge in [-0.1, -0.05) is 0 Å². The topological polar surface area (TPSA) is 62.8 Å². The first-order valence-electron chi connectivity index (χ1n) is 7.56. The van der Waals surface area contributed by atoms with E-state index in [0.29, 0.717) is 12.6 Å². The molecule has 2 aliphatic heterocycles. The first-order chi connectivity index (χ1) is 9.59. The molecule has 0 aromatic carbocycles. The minimum absolute atomic E-state index is 0. The predicted octanol–water partition coefficient (Wildman–Crippen LogP) is 0.432. The van der Waals surface area contributed by atoms with Gasteiger partial charge in [-0.2, -0.15) is 0 Å². The van der Waals surface area contributed by atoms with E-state index in [1.165, 1.54) is 0 Å². The summed E-state index contributed by atoms with van der Waals surface area (Å²) in [4.78, 5) is 14.7. The minimum atomic E-state index is -0.247. The smallest absolute Gasteiger partial charge is 0.240 e. The molecule has 0 radical (unpaired) electrons. The maximum Gasteiger partial charge on any atom is 0.240 e. The van der Waals surface area contributed by atoms with Crippen molar-refractivity contribution < 1.29 is 14.3 Å². The molecular weight excluding hydrogens is 329 g/mol. The van der Waals surface area contributed by atoms with Crippen molar-refractivity contribution in [2.45, 2.75) is 45.0 Å². The van der Waals surface area contributed by atoms with Gasteiger partial charge in [0.2, 0.25) is 5.91 Å². The van der Waals surface area contributed by atoms with Crippen LogP contribution in [-0.2, 0) is 14.3 Å². The lowest BCUT2D eigenvalue weighted by atomic mass is 10.1. The number of carbonyl (C=O) groups excluding carboxylic acids is 1. The number of rotatable bonds is 4. The van der Waals surface area contributed by atoms with Gasteiger partial charge in [-0.15, -0.1) is 24.8 Å². The van der Waals surface area contributed by atoms with Crippen molar-refractivity contribution in [1.82, 2.24) is 15.5 Å². The van der Waals surface area contributed by atoms with Crippen LogP contribution in [-0.4, -0.2) is 74.5 Å². The van der Waals surface area contributed by atoms with Crippen LogP contribution in [0.25, 0.3) is 0 Å². The van der Waals surface area contributed by atoms with Crippen molar-refractivity contribution in [3.63, 3.8) is 0 Å². The van der Waals surface area contributed by atoms with Crippen molar-refractivity contribution in [3.05, 3.63) is 0 Å². The van der Waals surface area contributed by atoms with E-state index in [2.05, 4.69) is 29.4 Å². The third kappa shape index (κ3) is 5.83. The summed E-state index contributed by atoms with van der Waals surface area (Å²) in [6, 6.07) is 0.169.